The fourth-order valence-electron chi connectivity index (χ4n) is 3.35. The van der Waals surface area contributed by atoms with Crippen molar-refractivity contribution in [1.82, 2.24) is 28.9 Å². The lowest BCUT2D eigenvalue weighted by molar-refractivity contribution is 0.865. The van der Waals surface area contributed by atoms with Gasteiger partial charge in [0.1, 0.15) is 28.5 Å². The molecule has 4 rings (SSSR count). The number of anilines is 1. The average molecular weight is 335 g/mol. The van der Waals surface area contributed by atoms with Crippen LogP contribution in [0.3, 0.4) is 0 Å². The summed E-state index contributed by atoms with van der Waals surface area (Å²) >= 11 is 0. The van der Waals surface area contributed by atoms with Gasteiger partial charge in [0.05, 0.1) is 11.4 Å². The van der Waals surface area contributed by atoms with E-state index in [-0.39, 0.29) is 0 Å². The van der Waals surface area contributed by atoms with Crippen LogP contribution in [0.1, 0.15) is 36.9 Å². The zero-order valence-corrected chi connectivity index (χ0v) is 14.9. The van der Waals surface area contributed by atoms with Crippen LogP contribution in [0.5, 0.6) is 0 Å². The molecule has 0 aliphatic rings. The number of hydrogen-bond donors (Lipinski definition) is 1. The Bertz CT molecular complexity index is 1100. The van der Waals surface area contributed by atoms with Gasteiger partial charge in [-0.05, 0) is 26.0 Å². The fourth-order valence-corrected chi connectivity index (χ4v) is 3.35. The van der Waals surface area contributed by atoms with Gasteiger partial charge in [-0.15, -0.1) is 0 Å². The van der Waals surface area contributed by atoms with Crippen LogP contribution in [0.15, 0.2) is 18.3 Å². The van der Waals surface area contributed by atoms with Crippen molar-refractivity contribution in [3.63, 3.8) is 0 Å². The molecule has 128 valence electrons. The first-order valence-corrected chi connectivity index (χ1v) is 8.52. The molecule has 0 bridgehead atoms. The summed E-state index contributed by atoms with van der Waals surface area (Å²) in [5.74, 6) is 3.24. The van der Waals surface area contributed by atoms with Crippen molar-refractivity contribution < 1.29 is 0 Å². The van der Waals surface area contributed by atoms with Crippen molar-refractivity contribution in [3.8, 4) is 5.82 Å². The predicted octanol–water partition coefficient (Wildman–Crippen LogP) is 2.79. The monoisotopic (exact) mass is 335 g/mol. The maximum atomic E-state index is 6.17. The molecule has 0 atom stereocenters. The van der Waals surface area contributed by atoms with Crippen molar-refractivity contribution in [3.05, 3.63) is 41.4 Å². The van der Waals surface area contributed by atoms with E-state index in [1.165, 1.54) is 0 Å². The van der Waals surface area contributed by atoms with Crippen LogP contribution in [0.2, 0.25) is 0 Å². The summed E-state index contributed by atoms with van der Waals surface area (Å²) in [4.78, 5) is 18.6. The Morgan fingerprint density at radius 3 is 2.44 bits per heavy atom. The smallest absolute Gasteiger partial charge is 0.167 e. The summed E-state index contributed by atoms with van der Waals surface area (Å²) in [6.45, 7) is 8.12. The number of nitrogens with two attached hydrogens (primary N) is 1. The average Bonchev–Trinajstić information content (AvgIpc) is 3.15. The summed E-state index contributed by atoms with van der Waals surface area (Å²) in [6, 6.07) is 3.91. The second-order valence-electron chi connectivity index (χ2n) is 6.18. The molecule has 7 heteroatoms. The molecule has 2 N–H and O–H groups in total. The molecule has 0 fully saturated rings. The zero-order valence-electron chi connectivity index (χ0n) is 14.9. The molecule has 0 aromatic carbocycles. The number of fused-ring (bicyclic) bond motifs is 3. The molecule has 4 heterocycles. The summed E-state index contributed by atoms with van der Waals surface area (Å²) in [5, 5.41) is 0. The minimum Gasteiger partial charge on any atom is -0.382 e. The first-order valence-electron chi connectivity index (χ1n) is 8.52. The molecule has 0 saturated heterocycles. The van der Waals surface area contributed by atoms with E-state index >= 15 is 0 Å². The Labute approximate surface area is 145 Å². The van der Waals surface area contributed by atoms with Crippen LogP contribution in [0.25, 0.3) is 22.5 Å². The Hall–Kier alpha value is -2.96. The molecule has 0 spiro atoms. The molecular formula is C18H21N7. The van der Waals surface area contributed by atoms with Gasteiger partial charge in [-0.3, -0.25) is 8.97 Å². The predicted molar refractivity (Wildman–Crippen MR) is 98.1 cm³/mol. The van der Waals surface area contributed by atoms with Crippen molar-refractivity contribution in [1.29, 1.82) is 0 Å². The van der Waals surface area contributed by atoms with Gasteiger partial charge in [-0.25, -0.2) is 19.9 Å². The Morgan fingerprint density at radius 2 is 1.72 bits per heavy atom. The second kappa shape index (κ2) is 5.54. The third-order valence-electron chi connectivity index (χ3n) is 4.44. The molecule has 7 nitrogen and oxygen atoms in total. The maximum absolute atomic E-state index is 6.17. The number of rotatable bonds is 3. The van der Waals surface area contributed by atoms with Crippen LogP contribution in [0.4, 0.5) is 5.82 Å². The van der Waals surface area contributed by atoms with E-state index in [1.807, 2.05) is 41.1 Å². The topological polar surface area (TPSA) is 86.9 Å². The standard InChI is InChI=1S/C18H21N7/c1-5-13-20-10(3)9-24(13)15-8-7-12-18(23-15)25-14(6-2)21-11(4)16(25)17(19)22-12/h7-9H,5-6H2,1-4H3,(H2,19,22). The Balaban J connectivity index is 2.08. The zero-order chi connectivity index (χ0) is 17.7. The van der Waals surface area contributed by atoms with Gasteiger partial charge in [0.15, 0.2) is 11.5 Å². The molecule has 25 heavy (non-hydrogen) atoms. The summed E-state index contributed by atoms with van der Waals surface area (Å²) in [7, 11) is 0. The minimum atomic E-state index is 0.486. The van der Waals surface area contributed by atoms with E-state index in [2.05, 4.69) is 28.8 Å². The number of nitrogen functional groups attached to an aromatic ring is 1. The summed E-state index contributed by atoms with van der Waals surface area (Å²) in [6.07, 6.45) is 3.64. The van der Waals surface area contributed by atoms with Crippen molar-refractivity contribution in [2.75, 3.05) is 5.73 Å². The highest BCUT2D eigenvalue weighted by Crippen LogP contribution is 2.25. The van der Waals surface area contributed by atoms with E-state index < -0.39 is 0 Å². The van der Waals surface area contributed by atoms with Gasteiger partial charge in [0, 0.05) is 19.0 Å². The van der Waals surface area contributed by atoms with Crippen molar-refractivity contribution >= 4 is 22.5 Å². The lowest BCUT2D eigenvalue weighted by atomic mass is 10.3. The van der Waals surface area contributed by atoms with Crippen LogP contribution in [0, 0.1) is 13.8 Å². The van der Waals surface area contributed by atoms with Crippen molar-refractivity contribution in [2.24, 2.45) is 0 Å². The second-order valence-corrected chi connectivity index (χ2v) is 6.18. The molecule has 4 aromatic rings. The van der Waals surface area contributed by atoms with Crippen LogP contribution in [-0.4, -0.2) is 28.9 Å². The Morgan fingerprint density at radius 1 is 0.960 bits per heavy atom. The molecule has 0 amide bonds. The number of nitrogens with zero attached hydrogens (tertiary/aromatic N) is 6. The van der Waals surface area contributed by atoms with Crippen LogP contribution >= 0.6 is 0 Å². The lowest BCUT2D eigenvalue weighted by Gasteiger charge is -2.10. The molecule has 0 radical (unpaired) electrons. The SMILES string of the molecule is CCc1nc(C)cn1-c1ccc2nc(N)c3c(C)nc(CC)n3c2n1. The highest BCUT2D eigenvalue weighted by Gasteiger charge is 2.16. The fraction of sp³-hybridized carbons (Fsp3) is 0.333. The normalized spacial score (nSPS) is 11.7. The van der Waals surface area contributed by atoms with E-state index in [0.717, 1.165) is 58.4 Å². The van der Waals surface area contributed by atoms with Gasteiger partial charge in [-0.1, -0.05) is 13.8 Å². The quantitative estimate of drug-likeness (QED) is 0.622. The van der Waals surface area contributed by atoms with Crippen LogP contribution in [-0.2, 0) is 12.8 Å². The molecule has 4 aromatic heterocycles. The number of pyridine rings is 1. The third kappa shape index (κ3) is 2.26. The lowest BCUT2D eigenvalue weighted by Crippen LogP contribution is -2.06. The molecule has 0 saturated carbocycles. The largest absolute Gasteiger partial charge is 0.382 e. The molecule has 0 aliphatic heterocycles. The highest BCUT2D eigenvalue weighted by atomic mass is 15.2. The van der Waals surface area contributed by atoms with E-state index in [4.69, 9.17) is 10.7 Å². The Kier molecular flexibility index (Phi) is 3.45. The highest BCUT2D eigenvalue weighted by molar-refractivity contribution is 5.83. The summed E-state index contributed by atoms with van der Waals surface area (Å²) in [5.41, 5.74) is 10.4. The number of hydrogen-bond acceptors (Lipinski definition) is 5. The van der Waals surface area contributed by atoms with Crippen LogP contribution < -0.4 is 5.73 Å². The van der Waals surface area contributed by atoms with Gasteiger partial charge < -0.3 is 5.73 Å². The van der Waals surface area contributed by atoms with E-state index in [1.54, 1.807) is 0 Å². The van der Waals surface area contributed by atoms with Gasteiger partial charge in [0.25, 0.3) is 0 Å². The van der Waals surface area contributed by atoms with E-state index in [9.17, 15) is 0 Å². The minimum absolute atomic E-state index is 0.486. The summed E-state index contributed by atoms with van der Waals surface area (Å²) < 4.78 is 4.07. The third-order valence-corrected chi connectivity index (χ3v) is 4.44. The first kappa shape index (κ1) is 15.6. The van der Waals surface area contributed by atoms with E-state index in [0.29, 0.717) is 5.82 Å². The molecular weight excluding hydrogens is 314 g/mol. The van der Waals surface area contributed by atoms with Gasteiger partial charge in [0.2, 0.25) is 0 Å². The maximum Gasteiger partial charge on any atom is 0.167 e. The molecule has 0 aliphatic carbocycles. The van der Waals surface area contributed by atoms with Gasteiger partial charge >= 0.3 is 0 Å². The number of imidazole rings is 2. The first-order chi connectivity index (χ1) is 12.0. The molecule has 0 unspecified atom stereocenters. The van der Waals surface area contributed by atoms with Gasteiger partial charge in [-0.2, -0.15) is 0 Å². The van der Waals surface area contributed by atoms with Crippen molar-refractivity contribution in [2.45, 2.75) is 40.5 Å². The number of aromatic nitrogens is 6. The number of aryl methyl sites for hydroxylation is 4.